The van der Waals surface area contributed by atoms with E-state index in [9.17, 15) is 9.59 Å². The van der Waals surface area contributed by atoms with Gasteiger partial charge in [0.2, 0.25) is 0 Å². The van der Waals surface area contributed by atoms with E-state index < -0.39 is 0 Å². The van der Waals surface area contributed by atoms with Crippen LogP contribution in [0.3, 0.4) is 0 Å². The molecule has 138 valence electrons. The first-order valence-electron chi connectivity index (χ1n) is 8.21. The van der Waals surface area contributed by atoms with Crippen molar-refractivity contribution in [3.8, 4) is 23.8 Å². The summed E-state index contributed by atoms with van der Waals surface area (Å²) in [5.41, 5.74) is 0.242. The maximum Gasteiger partial charge on any atom is 0.275 e. The number of methoxy groups -OCH3 is 2. The molecule has 0 fully saturated rings. The highest BCUT2D eigenvalue weighted by molar-refractivity contribution is 5.81. The summed E-state index contributed by atoms with van der Waals surface area (Å²) < 4.78 is 10.5. The van der Waals surface area contributed by atoms with Gasteiger partial charge in [-0.25, -0.2) is 4.98 Å². The number of hydrogen-bond acceptors (Lipinski definition) is 5. The normalized spacial score (nSPS) is 11.6. The van der Waals surface area contributed by atoms with E-state index in [1.807, 2.05) is 6.92 Å². The zero-order chi connectivity index (χ0) is 19.1. The van der Waals surface area contributed by atoms with Gasteiger partial charge in [0.1, 0.15) is 6.54 Å². The number of nitrogens with one attached hydrogen (secondary N) is 3. The Bertz CT molecular complexity index is 885. The van der Waals surface area contributed by atoms with Crippen molar-refractivity contribution in [3.05, 3.63) is 28.3 Å². The van der Waals surface area contributed by atoms with E-state index in [0.29, 0.717) is 41.3 Å². The molecule has 0 saturated carbocycles. The second-order valence-corrected chi connectivity index (χ2v) is 5.67. The minimum atomic E-state index is -0.266. The van der Waals surface area contributed by atoms with Gasteiger partial charge in [-0.2, -0.15) is 0 Å². The Morgan fingerprint density at radius 2 is 2.04 bits per heavy atom. The summed E-state index contributed by atoms with van der Waals surface area (Å²) in [6.07, 6.45) is 5.14. The first kappa shape index (κ1) is 19.3. The number of aromatic amines is 1. The van der Waals surface area contributed by atoms with Crippen LogP contribution in [0, 0.1) is 12.3 Å². The summed E-state index contributed by atoms with van der Waals surface area (Å²) in [5.74, 6) is 3.68. The Morgan fingerprint density at radius 3 is 2.65 bits per heavy atom. The number of terminal acetylenes is 1. The van der Waals surface area contributed by atoms with E-state index in [2.05, 4.69) is 21.2 Å². The standard InChI is InChI=1S/C18H22N4O4/c1-5-7-19-17(23)11-22(6-2)10-16-20-13-9-15(26-4)14(25-3)8-12(13)18(24)21-16/h1,8-9H,6-7,10-11H2,2-4H3,(H,19,23)(H,20,21,24)/p+1. The van der Waals surface area contributed by atoms with Crippen molar-refractivity contribution in [2.45, 2.75) is 13.5 Å². The van der Waals surface area contributed by atoms with E-state index in [1.165, 1.54) is 14.2 Å². The second-order valence-electron chi connectivity index (χ2n) is 5.67. The molecule has 2 rings (SSSR count). The molecule has 1 aromatic carbocycles. The van der Waals surface area contributed by atoms with Crippen LogP contribution >= 0.6 is 0 Å². The third kappa shape index (κ3) is 4.52. The fourth-order valence-electron chi connectivity index (χ4n) is 2.59. The van der Waals surface area contributed by atoms with Gasteiger partial charge >= 0.3 is 0 Å². The molecule has 1 amide bonds. The number of amides is 1. The average molecular weight is 359 g/mol. The number of fused-ring (bicyclic) bond motifs is 1. The summed E-state index contributed by atoms with van der Waals surface area (Å²) in [6, 6.07) is 3.26. The first-order chi connectivity index (χ1) is 12.5. The molecule has 1 unspecified atom stereocenters. The number of likely N-dealkylation sites (N-methyl/N-ethyl adjacent to an activating group) is 1. The number of quaternary nitrogens is 1. The molecule has 0 radical (unpaired) electrons. The molecular weight excluding hydrogens is 336 g/mol. The van der Waals surface area contributed by atoms with Crippen molar-refractivity contribution in [2.75, 3.05) is 33.9 Å². The lowest BCUT2D eigenvalue weighted by Gasteiger charge is -2.16. The summed E-state index contributed by atoms with van der Waals surface area (Å²) in [7, 11) is 3.03. The van der Waals surface area contributed by atoms with Gasteiger partial charge < -0.3 is 24.7 Å². The Balaban J connectivity index is 2.28. The van der Waals surface area contributed by atoms with Crippen LogP contribution in [-0.4, -0.2) is 49.7 Å². The second kappa shape index (κ2) is 8.87. The van der Waals surface area contributed by atoms with Crippen LogP contribution in [-0.2, 0) is 11.3 Å². The van der Waals surface area contributed by atoms with Gasteiger partial charge in [0.15, 0.2) is 23.9 Å². The van der Waals surface area contributed by atoms with E-state index in [-0.39, 0.29) is 24.6 Å². The lowest BCUT2D eigenvalue weighted by atomic mass is 10.2. The van der Waals surface area contributed by atoms with Crippen molar-refractivity contribution in [1.82, 2.24) is 15.3 Å². The van der Waals surface area contributed by atoms with Crippen molar-refractivity contribution < 1.29 is 19.2 Å². The van der Waals surface area contributed by atoms with E-state index in [1.54, 1.807) is 12.1 Å². The van der Waals surface area contributed by atoms with Gasteiger partial charge in [-0.3, -0.25) is 9.59 Å². The van der Waals surface area contributed by atoms with Crippen LogP contribution in [0.4, 0.5) is 0 Å². The van der Waals surface area contributed by atoms with Crippen LogP contribution in [0.5, 0.6) is 11.5 Å². The molecule has 3 N–H and O–H groups in total. The Labute approximate surface area is 151 Å². The summed E-state index contributed by atoms with van der Waals surface area (Å²) in [5, 5.41) is 3.05. The molecule has 2 aromatic rings. The molecule has 0 aliphatic rings. The Kier molecular flexibility index (Phi) is 6.58. The highest BCUT2D eigenvalue weighted by Crippen LogP contribution is 2.29. The number of hydrogen-bond donors (Lipinski definition) is 3. The SMILES string of the molecule is C#CCNC(=O)C[NH+](CC)Cc1nc2cc(OC)c(OC)cc2c(=O)[nH]1. The Hall–Kier alpha value is -3.05. The molecule has 0 bridgehead atoms. The van der Waals surface area contributed by atoms with Crippen LogP contribution < -0.4 is 25.2 Å². The smallest absolute Gasteiger partial charge is 0.275 e. The fourth-order valence-corrected chi connectivity index (χ4v) is 2.59. The van der Waals surface area contributed by atoms with E-state index >= 15 is 0 Å². The summed E-state index contributed by atoms with van der Waals surface area (Å²) in [6.45, 7) is 3.49. The third-order valence-electron chi connectivity index (χ3n) is 3.98. The summed E-state index contributed by atoms with van der Waals surface area (Å²) in [4.78, 5) is 32.5. The molecule has 1 aromatic heterocycles. The number of rotatable bonds is 8. The van der Waals surface area contributed by atoms with Crippen molar-refractivity contribution >= 4 is 16.8 Å². The van der Waals surface area contributed by atoms with E-state index in [0.717, 1.165) is 4.90 Å². The van der Waals surface area contributed by atoms with Crippen LogP contribution in [0.1, 0.15) is 12.7 Å². The fraction of sp³-hybridized carbons (Fsp3) is 0.389. The highest BCUT2D eigenvalue weighted by Gasteiger charge is 2.16. The minimum Gasteiger partial charge on any atom is -0.493 e. The number of aromatic nitrogens is 2. The zero-order valence-electron chi connectivity index (χ0n) is 15.1. The van der Waals surface area contributed by atoms with Gasteiger partial charge in [0, 0.05) is 6.07 Å². The molecule has 0 aliphatic heterocycles. The first-order valence-corrected chi connectivity index (χ1v) is 8.21. The molecule has 26 heavy (non-hydrogen) atoms. The van der Waals surface area contributed by atoms with Crippen molar-refractivity contribution in [3.63, 3.8) is 0 Å². The van der Waals surface area contributed by atoms with Gasteiger partial charge in [0.25, 0.3) is 11.5 Å². The molecule has 0 spiro atoms. The van der Waals surface area contributed by atoms with Crippen LogP contribution in [0.15, 0.2) is 16.9 Å². The molecule has 0 aliphatic carbocycles. The predicted octanol–water partition coefficient (Wildman–Crippen LogP) is -0.905. The maximum atomic E-state index is 12.4. The number of benzene rings is 1. The van der Waals surface area contributed by atoms with Gasteiger partial charge in [-0.05, 0) is 13.0 Å². The van der Waals surface area contributed by atoms with E-state index in [4.69, 9.17) is 15.9 Å². The predicted molar refractivity (Wildman–Crippen MR) is 97.4 cm³/mol. The molecule has 8 heteroatoms. The minimum absolute atomic E-state index is 0.144. The average Bonchev–Trinajstić information content (AvgIpc) is 2.64. The zero-order valence-corrected chi connectivity index (χ0v) is 15.1. The number of H-pyrrole nitrogens is 1. The lowest BCUT2D eigenvalue weighted by Crippen LogP contribution is -3.11. The molecule has 0 saturated heterocycles. The van der Waals surface area contributed by atoms with Gasteiger partial charge in [-0.15, -0.1) is 6.42 Å². The van der Waals surface area contributed by atoms with Gasteiger partial charge in [0.05, 0.1) is 38.2 Å². The summed E-state index contributed by atoms with van der Waals surface area (Å²) >= 11 is 0. The molecule has 8 nitrogen and oxygen atoms in total. The van der Waals surface area contributed by atoms with Crippen molar-refractivity contribution in [1.29, 1.82) is 0 Å². The number of ether oxygens (including phenoxy) is 2. The number of carbonyl (C=O) groups is 1. The highest BCUT2D eigenvalue weighted by atomic mass is 16.5. The number of carbonyl (C=O) groups excluding carboxylic acids is 1. The number of nitrogens with zero attached hydrogens (tertiary/aromatic N) is 1. The molecular formula is C18H23N4O4+. The van der Waals surface area contributed by atoms with Crippen LogP contribution in [0.2, 0.25) is 0 Å². The third-order valence-corrected chi connectivity index (χ3v) is 3.98. The topological polar surface area (TPSA) is 97.8 Å². The molecule has 1 heterocycles. The molecule has 1 atom stereocenters. The largest absolute Gasteiger partial charge is 0.493 e. The van der Waals surface area contributed by atoms with Crippen molar-refractivity contribution in [2.24, 2.45) is 0 Å². The maximum absolute atomic E-state index is 12.4. The quantitative estimate of drug-likeness (QED) is 0.531. The van der Waals surface area contributed by atoms with Crippen LogP contribution in [0.25, 0.3) is 10.9 Å². The lowest BCUT2D eigenvalue weighted by molar-refractivity contribution is -0.904. The Morgan fingerprint density at radius 1 is 1.35 bits per heavy atom. The monoisotopic (exact) mass is 359 g/mol. The van der Waals surface area contributed by atoms with Gasteiger partial charge in [-0.1, -0.05) is 5.92 Å².